The van der Waals surface area contributed by atoms with Crippen LogP contribution in [0.15, 0.2) is 33.4 Å². The molecule has 0 aromatic carbocycles. The summed E-state index contributed by atoms with van der Waals surface area (Å²) >= 11 is 7.11. The van der Waals surface area contributed by atoms with Gasteiger partial charge in [0.05, 0.1) is 6.04 Å². The molecule has 19 heavy (non-hydrogen) atoms. The first-order chi connectivity index (χ1) is 9.11. The predicted octanol–water partition coefficient (Wildman–Crippen LogP) is 4.48. The van der Waals surface area contributed by atoms with Crippen LogP contribution in [-0.2, 0) is 6.54 Å². The van der Waals surface area contributed by atoms with Gasteiger partial charge in [-0.05, 0) is 46.9 Å². The van der Waals surface area contributed by atoms with Gasteiger partial charge in [0.25, 0.3) is 0 Å². The summed E-state index contributed by atoms with van der Waals surface area (Å²) < 4.78 is 1.14. The SMILES string of the molecule is CCC(N)C(c1cc(Br)cs1)N(C)Cc1cccs1. The lowest BCUT2D eigenvalue weighted by Crippen LogP contribution is -2.37. The van der Waals surface area contributed by atoms with E-state index >= 15 is 0 Å². The molecule has 0 aliphatic carbocycles. The molecule has 2 unspecified atom stereocenters. The maximum absolute atomic E-state index is 6.34. The Hall–Kier alpha value is -0.200. The van der Waals surface area contributed by atoms with Crippen LogP contribution in [0.2, 0.25) is 0 Å². The van der Waals surface area contributed by atoms with E-state index in [2.05, 4.69) is 63.8 Å². The highest BCUT2D eigenvalue weighted by atomic mass is 79.9. The highest BCUT2D eigenvalue weighted by molar-refractivity contribution is 9.10. The maximum Gasteiger partial charge on any atom is 0.0594 e. The van der Waals surface area contributed by atoms with Crippen LogP contribution < -0.4 is 5.73 Å². The van der Waals surface area contributed by atoms with Crippen LogP contribution in [0.25, 0.3) is 0 Å². The molecule has 5 heteroatoms. The van der Waals surface area contributed by atoms with Crippen LogP contribution in [0.4, 0.5) is 0 Å². The maximum atomic E-state index is 6.34. The summed E-state index contributed by atoms with van der Waals surface area (Å²) in [5.74, 6) is 0. The Morgan fingerprint density at radius 2 is 2.21 bits per heavy atom. The topological polar surface area (TPSA) is 29.3 Å². The summed E-state index contributed by atoms with van der Waals surface area (Å²) in [6.07, 6.45) is 0.981. The fraction of sp³-hybridized carbons (Fsp3) is 0.429. The molecule has 0 saturated heterocycles. The van der Waals surface area contributed by atoms with Gasteiger partial charge in [-0.2, -0.15) is 0 Å². The third kappa shape index (κ3) is 3.89. The van der Waals surface area contributed by atoms with Crippen LogP contribution in [0, 0.1) is 0 Å². The number of thiophene rings is 2. The summed E-state index contributed by atoms with van der Waals surface area (Å²) in [6.45, 7) is 3.10. The van der Waals surface area contributed by atoms with E-state index in [0.29, 0.717) is 0 Å². The van der Waals surface area contributed by atoms with Gasteiger partial charge in [0, 0.05) is 32.2 Å². The van der Waals surface area contributed by atoms with Crippen molar-refractivity contribution in [3.63, 3.8) is 0 Å². The van der Waals surface area contributed by atoms with Crippen molar-refractivity contribution in [1.29, 1.82) is 0 Å². The van der Waals surface area contributed by atoms with Gasteiger partial charge in [-0.3, -0.25) is 4.90 Å². The largest absolute Gasteiger partial charge is 0.326 e. The number of nitrogens with zero attached hydrogens (tertiary/aromatic N) is 1. The van der Waals surface area contributed by atoms with Crippen molar-refractivity contribution in [2.24, 2.45) is 5.73 Å². The molecule has 2 aromatic heterocycles. The first-order valence-corrected chi connectivity index (χ1v) is 8.89. The van der Waals surface area contributed by atoms with Crippen molar-refractivity contribution < 1.29 is 0 Å². The Balaban J connectivity index is 2.17. The molecular weight excluding hydrogens is 340 g/mol. The van der Waals surface area contributed by atoms with Crippen molar-refractivity contribution in [1.82, 2.24) is 4.90 Å². The molecule has 2 nitrogen and oxygen atoms in total. The second-order valence-corrected chi connectivity index (χ2v) is 7.57. The van der Waals surface area contributed by atoms with E-state index < -0.39 is 0 Å². The molecule has 2 heterocycles. The van der Waals surface area contributed by atoms with Crippen LogP contribution in [0.1, 0.15) is 29.1 Å². The first-order valence-electron chi connectivity index (χ1n) is 6.34. The minimum absolute atomic E-state index is 0.163. The number of rotatable bonds is 6. The normalized spacial score (nSPS) is 14.8. The third-order valence-corrected chi connectivity index (χ3v) is 5.84. The smallest absolute Gasteiger partial charge is 0.0594 e. The minimum Gasteiger partial charge on any atom is -0.326 e. The lowest BCUT2D eigenvalue weighted by molar-refractivity contribution is 0.206. The van der Waals surface area contributed by atoms with Crippen LogP contribution in [0.5, 0.6) is 0 Å². The number of halogens is 1. The zero-order valence-electron chi connectivity index (χ0n) is 11.2. The average molecular weight is 359 g/mol. The lowest BCUT2D eigenvalue weighted by Gasteiger charge is -2.31. The second-order valence-electron chi connectivity index (χ2n) is 4.68. The van der Waals surface area contributed by atoms with Gasteiger partial charge in [-0.25, -0.2) is 0 Å². The molecule has 0 radical (unpaired) electrons. The molecule has 2 aromatic rings. The Morgan fingerprint density at radius 1 is 1.42 bits per heavy atom. The molecule has 0 saturated carbocycles. The number of nitrogens with two attached hydrogens (primary N) is 1. The predicted molar refractivity (Wildman–Crippen MR) is 88.8 cm³/mol. The molecule has 2 N–H and O–H groups in total. The Morgan fingerprint density at radius 3 is 2.74 bits per heavy atom. The molecular formula is C14H19BrN2S2. The van der Waals surface area contributed by atoms with E-state index in [1.54, 1.807) is 22.7 Å². The molecule has 0 amide bonds. The van der Waals surface area contributed by atoms with Gasteiger partial charge in [0.2, 0.25) is 0 Å². The highest BCUT2D eigenvalue weighted by Crippen LogP contribution is 2.32. The van der Waals surface area contributed by atoms with E-state index in [0.717, 1.165) is 17.4 Å². The Bertz CT molecular complexity index is 495. The van der Waals surface area contributed by atoms with Crippen molar-refractivity contribution in [2.45, 2.75) is 32.0 Å². The van der Waals surface area contributed by atoms with E-state index in [4.69, 9.17) is 5.73 Å². The Labute approximate surface area is 131 Å². The summed E-state index contributed by atoms with van der Waals surface area (Å²) in [6, 6.07) is 6.92. The number of likely N-dealkylation sites (N-methyl/N-ethyl adjacent to an activating group) is 1. The molecule has 0 aliphatic rings. The summed E-state index contributed by atoms with van der Waals surface area (Å²) in [5.41, 5.74) is 6.34. The van der Waals surface area contributed by atoms with Crippen LogP contribution in [-0.4, -0.2) is 18.0 Å². The monoisotopic (exact) mass is 358 g/mol. The lowest BCUT2D eigenvalue weighted by atomic mass is 10.0. The van der Waals surface area contributed by atoms with Gasteiger partial charge in [0.15, 0.2) is 0 Å². The van der Waals surface area contributed by atoms with E-state index in [9.17, 15) is 0 Å². The van der Waals surface area contributed by atoms with Crippen molar-refractivity contribution in [3.8, 4) is 0 Å². The average Bonchev–Trinajstić information content (AvgIpc) is 3.01. The fourth-order valence-corrected chi connectivity index (χ4v) is 4.66. The minimum atomic E-state index is 0.163. The van der Waals surface area contributed by atoms with Gasteiger partial charge in [-0.1, -0.05) is 13.0 Å². The second kappa shape index (κ2) is 6.99. The Kier molecular flexibility index (Phi) is 5.59. The third-order valence-electron chi connectivity index (χ3n) is 3.22. The van der Waals surface area contributed by atoms with Gasteiger partial charge in [0.1, 0.15) is 0 Å². The number of hydrogen-bond acceptors (Lipinski definition) is 4. The summed E-state index contributed by atoms with van der Waals surface area (Å²) in [5, 5.41) is 4.25. The van der Waals surface area contributed by atoms with Crippen molar-refractivity contribution in [3.05, 3.63) is 43.2 Å². The molecule has 0 fully saturated rings. The van der Waals surface area contributed by atoms with Crippen molar-refractivity contribution >= 4 is 38.6 Å². The summed E-state index contributed by atoms with van der Waals surface area (Å²) in [4.78, 5) is 5.07. The van der Waals surface area contributed by atoms with E-state index in [1.807, 2.05) is 0 Å². The fourth-order valence-electron chi connectivity index (χ4n) is 2.21. The molecule has 2 atom stereocenters. The summed E-state index contributed by atoms with van der Waals surface area (Å²) in [7, 11) is 2.16. The molecule has 0 spiro atoms. The first kappa shape index (κ1) is 15.2. The van der Waals surface area contributed by atoms with E-state index in [1.165, 1.54) is 9.75 Å². The van der Waals surface area contributed by atoms with Crippen LogP contribution >= 0.6 is 38.6 Å². The van der Waals surface area contributed by atoms with Gasteiger partial charge >= 0.3 is 0 Å². The number of hydrogen-bond donors (Lipinski definition) is 1. The molecule has 104 valence electrons. The quantitative estimate of drug-likeness (QED) is 0.824. The van der Waals surface area contributed by atoms with Gasteiger partial charge < -0.3 is 5.73 Å². The van der Waals surface area contributed by atoms with Gasteiger partial charge in [-0.15, -0.1) is 22.7 Å². The van der Waals surface area contributed by atoms with Crippen molar-refractivity contribution in [2.75, 3.05) is 7.05 Å². The van der Waals surface area contributed by atoms with Crippen LogP contribution in [0.3, 0.4) is 0 Å². The standard InChI is InChI=1S/C14H19BrN2S2/c1-3-12(16)14(13-7-10(15)9-19-13)17(2)8-11-5-4-6-18-11/h4-7,9,12,14H,3,8,16H2,1-2H3. The zero-order valence-corrected chi connectivity index (χ0v) is 14.4. The van der Waals surface area contributed by atoms with E-state index in [-0.39, 0.29) is 12.1 Å². The molecule has 0 bridgehead atoms. The molecule has 2 rings (SSSR count). The zero-order chi connectivity index (χ0) is 13.8. The molecule has 0 aliphatic heterocycles. The highest BCUT2D eigenvalue weighted by Gasteiger charge is 2.24.